The number of aryl methyl sites for hydroxylation is 2. The van der Waals surface area contributed by atoms with Gasteiger partial charge in [0.05, 0.1) is 5.69 Å². The minimum atomic E-state index is 0.410. The lowest BCUT2D eigenvalue weighted by Crippen LogP contribution is -2.05. The second kappa shape index (κ2) is 4.79. The third-order valence-electron chi connectivity index (χ3n) is 2.68. The Morgan fingerprint density at radius 3 is 2.82 bits per heavy atom. The minimum Gasteiger partial charge on any atom is -0.243 e. The molecule has 86 valence electrons. The molecule has 0 atom stereocenters. The van der Waals surface area contributed by atoms with Crippen LogP contribution in [0.4, 0.5) is 0 Å². The first-order chi connectivity index (χ1) is 8.30. The molecule has 4 nitrogen and oxygen atoms in total. The van der Waals surface area contributed by atoms with Gasteiger partial charge in [-0.25, -0.2) is 9.67 Å². The van der Waals surface area contributed by atoms with Crippen LogP contribution in [0.15, 0.2) is 24.4 Å². The Morgan fingerprint density at radius 2 is 2.18 bits per heavy atom. The van der Waals surface area contributed by atoms with Crippen molar-refractivity contribution in [3.8, 4) is 11.8 Å². The van der Waals surface area contributed by atoms with Gasteiger partial charge >= 0.3 is 0 Å². The predicted molar refractivity (Wildman–Crippen MR) is 64.8 cm³/mol. The van der Waals surface area contributed by atoms with Crippen LogP contribution in [-0.2, 0) is 12.8 Å². The highest BCUT2D eigenvalue weighted by Gasteiger charge is 2.11. The molecule has 0 radical (unpaired) electrons. The van der Waals surface area contributed by atoms with Crippen LogP contribution in [0.1, 0.15) is 30.9 Å². The summed E-state index contributed by atoms with van der Waals surface area (Å²) in [6.07, 6.45) is 3.40. The van der Waals surface area contributed by atoms with Crippen LogP contribution in [0.2, 0.25) is 0 Å². The summed E-state index contributed by atoms with van der Waals surface area (Å²) in [5, 5.41) is 13.6. The Morgan fingerprint density at radius 1 is 1.35 bits per heavy atom. The molecule has 17 heavy (non-hydrogen) atoms. The molecule has 0 saturated heterocycles. The fourth-order valence-electron chi connectivity index (χ4n) is 1.76. The van der Waals surface area contributed by atoms with Gasteiger partial charge in [-0.15, -0.1) is 0 Å². The summed E-state index contributed by atoms with van der Waals surface area (Å²) in [6, 6.07) is 7.87. The fourth-order valence-corrected chi connectivity index (χ4v) is 1.76. The lowest BCUT2D eigenvalue weighted by Gasteiger charge is -2.06. The lowest BCUT2D eigenvalue weighted by molar-refractivity contribution is 0.788. The molecule has 2 rings (SSSR count). The van der Waals surface area contributed by atoms with E-state index in [4.69, 9.17) is 5.26 Å². The summed E-state index contributed by atoms with van der Waals surface area (Å²) in [4.78, 5) is 4.06. The number of rotatable bonds is 3. The smallest absolute Gasteiger partial charge is 0.166 e. The minimum absolute atomic E-state index is 0.410. The summed E-state index contributed by atoms with van der Waals surface area (Å²) in [7, 11) is 0. The van der Waals surface area contributed by atoms with E-state index in [0.29, 0.717) is 5.69 Å². The molecular weight excluding hydrogens is 212 g/mol. The zero-order valence-corrected chi connectivity index (χ0v) is 10.0. The van der Waals surface area contributed by atoms with E-state index in [0.717, 1.165) is 29.9 Å². The third kappa shape index (κ3) is 2.04. The Kier molecular flexibility index (Phi) is 3.20. The van der Waals surface area contributed by atoms with E-state index in [-0.39, 0.29) is 0 Å². The van der Waals surface area contributed by atoms with Gasteiger partial charge in [-0.3, -0.25) is 0 Å². The van der Waals surface area contributed by atoms with Crippen molar-refractivity contribution >= 4 is 0 Å². The molecule has 0 N–H and O–H groups in total. The van der Waals surface area contributed by atoms with E-state index in [1.807, 2.05) is 16.8 Å². The van der Waals surface area contributed by atoms with Gasteiger partial charge in [-0.05, 0) is 31.0 Å². The van der Waals surface area contributed by atoms with E-state index in [1.54, 1.807) is 6.20 Å². The maximum Gasteiger partial charge on any atom is 0.166 e. The Balaban J connectivity index is 2.60. The maximum atomic E-state index is 9.05. The topological polar surface area (TPSA) is 54.5 Å². The molecule has 2 aromatic rings. The summed E-state index contributed by atoms with van der Waals surface area (Å²) in [5.74, 6) is 0. The SMILES string of the molecule is CCc1cc(CC)n(-c2cccnc2C#N)n1. The molecule has 0 aliphatic rings. The van der Waals surface area contributed by atoms with Crippen molar-refractivity contribution in [1.82, 2.24) is 14.8 Å². The van der Waals surface area contributed by atoms with E-state index in [2.05, 4.69) is 36.1 Å². The highest BCUT2D eigenvalue weighted by Crippen LogP contribution is 2.15. The Bertz CT molecular complexity index is 563. The predicted octanol–water partition coefficient (Wildman–Crippen LogP) is 2.26. The zero-order valence-electron chi connectivity index (χ0n) is 10.0. The summed E-state index contributed by atoms with van der Waals surface area (Å²) >= 11 is 0. The van der Waals surface area contributed by atoms with Crippen molar-refractivity contribution in [2.24, 2.45) is 0 Å². The summed E-state index contributed by atoms with van der Waals surface area (Å²) in [6.45, 7) is 4.15. The van der Waals surface area contributed by atoms with Gasteiger partial charge in [0.25, 0.3) is 0 Å². The molecule has 0 aromatic carbocycles. The van der Waals surface area contributed by atoms with Crippen LogP contribution in [0.25, 0.3) is 5.69 Å². The van der Waals surface area contributed by atoms with E-state index in [9.17, 15) is 0 Å². The molecule has 0 fully saturated rings. The van der Waals surface area contributed by atoms with Crippen LogP contribution in [0, 0.1) is 11.3 Å². The molecule has 0 saturated carbocycles. The van der Waals surface area contributed by atoms with Crippen LogP contribution in [0.5, 0.6) is 0 Å². The molecule has 2 aromatic heterocycles. The first-order valence-electron chi connectivity index (χ1n) is 5.73. The van der Waals surface area contributed by atoms with Crippen LogP contribution in [0.3, 0.4) is 0 Å². The standard InChI is InChI=1S/C13H14N4/c1-3-10-8-11(4-2)17(16-10)13-6-5-7-15-12(13)9-14/h5-8H,3-4H2,1-2H3. The van der Waals surface area contributed by atoms with Gasteiger partial charge in [0.15, 0.2) is 5.69 Å². The molecule has 4 heteroatoms. The Hall–Kier alpha value is -2.15. The molecule has 0 unspecified atom stereocenters. The normalized spacial score (nSPS) is 10.2. The second-order valence-corrected chi connectivity index (χ2v) is 3.73. The number of hydrogen-bond acceptors (Lipinski definition) is 3. The number of hydrogen-bond donors (Lipinski definition) is 0. The van der Waals surface area contributed by atoms with Crippen molar-refractivity contribution in [2.75, 3.05) is 0 Å². The van der Waals surface area contributed by atoms with Gasteiger partial charge in [0.2, 0.25) is 0 Å². The number of nitriles is 1. The summed E-state index contributed by atoms with van der Waals surface area (Å²) in [5.41, 5.74) is 3.31. The van der Waals surface area contributed by atoms with Crippen molar-refractivity contribution in [3.05, 3.63) is 41.5 Å². The lowest BCUT2D eigenvalue weighted by atomic mass is 10.2. The van der Waals surface area contributed by atoms with Crippen LogP contribution in [-0.4, -0.2) is 14.8 Å². The zero-order chi connectivity index (χ0) is 12.3. The first kappa shape index (κ1) is 11.3. The van der Waals surface area contributed by atoms with Crippen LogP contribution >= 0.6 is 0 Å². The fraction of sp³-hybridized carbons (Fsp3) is 0.308. The second-order valence-electron chi connectivity index (χ2n) is 3.73. The largest absolute Gasteiger partial charge is 0.243 e. The van der Waals surface area contributed by atoms with E-state index < -0.39 is 0 Å². The van der Waals surface area contributed by atoms with Gasteiger partial charge in [-0.2, -0.15) is 10.4 Å². The van der Waals surface area contributed by atoms with Crippen molar-refractivity contribution < 1.29 is 0 Å². The molecule has 0 aliphatic heterocycles. The Labute approximate surface area is 101 Å². The number of aromatic nitrogens is 3. The van der Waals surface area contributed by atoms with Gasteiger partial charge in [0.1, 0.15) is 11.8 Å². The quantitative estimate of drug-likeness (QED) is 0.806. The van der Waals surface area contributed by atoms with E-state index in [1.165, 1.54) is 0 Å². The average Bonchev–Trinajstić information content (AvgIpc) is 2.81. The van der Waals surface area contributed by atoms with Crippen molar-refractivity contribution in [3.63, 3.8) is 0 Å². The van der Waals surface area contributed by atoms with Crippen molar-refractivity contribution in [1.29, 1.82) is 5.26 Å². The number of pyridine rings is 1. The molecule has 0 spiro atoms. The highest BCUT2D eigenvalue weighted by molar-refractivity contribution is 5.44. The average molecular weight is 226 g/mol. The highest BCUT2D eigenvalue weighted by atomic mass is 15.3. The number of nitrogens with zero attached hydrogens (tertiary/aromatic N) is 4. The van der Waals surface area contributed by atoms with Crippen molar-refractivity contribution in [2.45, 2.75) is 26.7 Å². The molecule has 0 amide bonds. The third-order valence-corrected chi connectivity index (χ3v) is 2.68. The van der Waals surface area contributed by atoms with Gasteiger partial charge < -0.3 is 0 Å². The molecular formula is C13H14N4. The van der Waals surface area contributed by atoms with Gasteiger partial charge in [-0.1, -0.05) is 13.8 Å². The van der Waals surface area contributed by atoms with E-state index >= 15 is 0 Å². The summed E-state index contributed by atoms with van der Waals surface area (Å²) < 4.78 is 1.82. The van der Waals surface area contributed by atoms with Crippen LogP contribution < -0.4 is 0 Å². The molecule has 0 bridgehead atoms. The molecule has 0 aliphatic carbocycles. The maximum absolute atomic E-state index is 9.05. The monoisotopic (exact) mass is 226 g/mol. The van der Waals surface area contributed by atoms with Gasteiger partial charge in [0, 0.05) is 11.9 Å². The molecule has 2 heterocycles. The first-order valence-corrected chi connectivity index (χ1v) is 5.73.